The maximum atomic E-state index is 14.0. The molecule has 1 atom stereocenters. The summed E-state index contributed by atoms with van der Waals surface area (Å²) in [6.07, 6.45) is 0.546. The fourth-order valence-corrected chi connectivity index (χ4v) is 2.48. The fourth-order valence-electron chi connectivity index (χ4n) is 1.85. The van der Waals surface area contributed by atoms with Gasteiger partial charge in [-0.25, -0.2) is 22.3 Å². The van der Waals surface area contributed by atoms with E-state index < -0.39 is 38.0 Å². The van der Waals surface area contributed by atoms with E-state index in [9.17, 15) is 22.0 Å². The summed E-state index contributed by atoms with van der Waals surface area (Å²) in [5.41, 5.74) is -0.707. The van der Waals surface area contributed by atoms with Crippen molar-refractivity contribution in [3.8, 4) is 0 Å². The average molecular weight is 306 g/mol. The summed E-state index contributed by atoms with van der Waals surface area (Å²) < 4.78 is 54.6. The molecule has 3 N–H and O–H groups in total. The Hall–Kier alpha value is -1.58. The van der Waals surface area contributed by atoms with Gasteiger partial charge in [0.2, 0.25) is 10.0 Å². The van der Waals surface area contributed by atoms with E-state index in [1.54, 1.807) is 0 Å². The van der Waals surface area contributed by atoms with Gasteiger partial charge in [0.05, 0.1) is 18.2 Å². The Balaban J connectivity index is 2.36. The second-order valence-electron chi connectivity index (χ2n) is 4.34. The summed E-state index contributed by atoms with van der Waals surface area (Å²) >= 11 is 0. The molecular formula is C11H12F2N2O4S. The normalized spacial score (nSPS) is 19.1. The quantitative estimate of drug-likeness (QED) is 0.829. The third-order valence-corrected chi connectivity index (χ3v) is 3.73. The molecule has 0 bridgehead atoms. The lowest BCUT2D eigenvalue weighted by Crippen LogP contribution is -2.35. The first-order chi connectivity index (χ1) is 9.29. The maximum Gasteiger partial charge on any atom is 0.254 e. The zero-order valence-corrected chi connectivity index (χ0v) is 11.0. The Morgan fingerprint density at radius 1 is 1.40 bits per heavy atom. The molecule has 6 nitrogen and oxygen atoms in total. The van der Waals surface area contributed by atoms with Crippen LogP contribution in [0.2, 0.25) is 0 Å². The molecule has 0 spiro atoms. The maximum absolute atomic E-state index is 14.0. The number of hydrogen-bond acceptors (Lipinski definition) is 4. The highest BCUT2D eigenvalue weighted by molar-refractivity contribution is 7.89. The third kappa shape index (κ3) is 3.11. The lowest BCUT2D eigenvalue weighted by atomic mass is 10.1. The number of rotatable bonds is 3. The number of sulfonamides is 1. The number of hydrogen-bond donors (Lipinski definition) is 2. The van der Waals surface area contributed by atoms with Crippen molar-refractivity contribution in [1.29, 1.82) is 0 Å². The Morgan fingerprint density at radius 3 is 2.65 bits per heavy atom. The summed E-state index contributed by atoms with van der Waals surface area (Å²) in [7, 11) is -4.46. The lowest BCUT2D eigenvalue weighted by molar-refractivity contribution is 0.0924. The summed E-state index contributed by atoms with van der Waals surface area (Å²) in [6, 6.07) is 0.734. The van der Waals surface area contributed by atoms with Crippen LogP contribution in [0.25, 0.3) is 0 Å². The molecule has 20 heavy (non-hydrogen) atoms. The minimum atomic E-state index is -4.46. The predicted molar refractivity (Wildman–Crippen MR) is 64.4 cm³/mol. The highest BCUT2D eigenvalue weighted by Crippen LogP contribution is 2.19. The van der Waals surface area contributed by atoms with E-state index in [-0.39, 0.29) is 12.6 Å². The van der Waals surface area contributed by atoms with Gasteiger partial charge in [0.1, 0.15) is 10.7 Å². The summed E-state index contributed by atoms with van der Waals surface area (Å²) in [5, 5.41) is 7.21. The molecule has 0 aromatic heterocycles. The molecule has 1 aliphatic heterocycles. The number of benzene rings is 1. The van der Waals surface area contributed by atoms with Crippen molar-refractivity contribution in [2.75, 3.05) is 13.2 Å². The van der Waals surface area contributed by atoms with Crippen molar-refractivity contribution in [3.05, 3.63) is 29.3 Å². The van der Waals surface area contributed by atoms with Crippen LogP contribution in [0.5, 0.6) is 0 Å². The minimum absolute atomic E-state index is 0.269. The predicted octanol–water partition coefficient (Wildman–Crippen LogP) is 0.131. The lowest BCUT2D eigenvalue weighted by Gasteiger charge is -2.12. The van der Waals surface area contributed by atoms with Crippen molar-refractivity contribution in [2.45, 2.75) is 17.4 Å². The van der Waals surface area contributed by atoms with Crippen LogP contribution in [-0.2, 0) is 14.8 Å². The third-order valence-electron chi connectivity index (χ3n) is 2.82. The van der Waals surface area contributed by atoms with E-state index in [0.717, 1.165) is 0 Å². The molecule has 1 aromatic rings. The highest BCUT2D eigenvalue weighted by Gasteiger charge is 2.25. The molecule has 9 heteroatoms. The van der Waals surface area contributed by atoms with E-state index in [1.165, 1.54) is 0 Å². The van der Waals surface area contributed by atoms with Gasteiger partial charge in [-0.05, 0) is 18.6 Å². The van der Waals surface area contributed by atoms with Crippen LogP contribution in [0.15, 0.2) is 17.0 Å². The zero-order chi connectivity index (χ0) is 14.9. The van der Waals surface area contributed by atoms with Crippen LogP contribution in [0, 0.1) is 11.6 Å². The second-order valence-corrected chi connectivity index (χ2v) is 5.87. The van der Waals surface area contributed by atoms with Gasteiger partial charge in [0.25, 0.3) is 5.91 Å². The minimum Gasteiger partial charge on any atom is -0.379 e. The van der Waals surface area contributed by atoms with Crippen LogP contribution < -0.4 is 10.5 Å². The molecule has 0 radical (unpaired) electrons. The summed E-state index contributed by atoms with van der Waals surface area (Å²) in [4.78, 5) is 10.8. The monoisotopic (exact) mass is 306 g/mol. The van der Waals surface area contributed by atoms with Gasteiger partial charge in [0.15, 0.2) is 5.82 Å². The molecule has 1 aromatic carbocycles. The molecule has 2 rings (SSSR count). The van der Waals surface area contributed by atoms with E-state index in [1.807, 2.05) is 0 Å². The Morgan fingerprint density at radius 2 is 2.10 bits per heavy atom. The van der Waals surface area contributed by atoms with E-state index in [0.29, 0.717) is 25.2 Å². The number of carbonyl (C=O) groups excluding carboxylic acids is 1. The molecule has 1 fully saturated rings. The number of amides is 1. The number of nitrogens with one attached hydrogen (secondary N) is 1. The van der Waals surface area contributed by atoms with Crippen LogP contribution in [0.3, 0.4) is 0 Å². The Bertz CT molecular complexity index is 642. The number of halogens is 2. The molecule has 1 amide bonds. The molecule has 0 aliphatic carbocycles. The van der Waals surface area contributed by atoms with Crippen LogP contribution in [-0.4, -0.2) is 33.6 Å². The van der Waals surface area contributed by atoms with Crippen LogP contribution in [0.4, 0.5) is 8.78 Å². The molecular weight excluding hydrogens is 294 g/mol. The number of nitrogens with two attached hydrogens (primary N) is 1. The SMILES string of the molecule is NS(=O)(=O)c1cc(F)cc(C(=O)NC2CCOC2)c1F. The van der Waals surface area contributed by atoms with Crippen molar-refractivity contribution >= 4 is 15.9 Å². The smallest absolute Gasteiger partial charge is 0.254 e. The standard InChI is InChI=1S/C11H12F2N2O4S/c12-6-3-8(10(13)9(4-6)20(14,17)18)11(16)15-7-1-2-19-5-7/h3-4,7H,1-2,5H2,(H,15,16)(H2,14,17,18). The first kappa shape index (κ1) is 14.8. The molecule has 1 aliphatic rings. The molecule has 110 valence electrons. The molecule has 1 heterocycles. The number of carbonyl (C=O) groups is 1. The first-order valence-corrected chi connectivity index (χ1v) is 7.24. The zero-order valence-electron chi connectivity index (χ0n) is 10.2. The topological polar surface area (TPSA) is 98.5 Å². The van der Waals surface area contributed by atoms with Crippen molar-refractivity contribution in [3.63, 3.8) is 0 Å². The van der Waals surface area contributed by atoms with E-state index >= 15 is 0 Å². The first-order valence-electron chi connectivity index (χ1n) is 5.69. The van der Waals surface area contributed by atoms with Gasteiger partial charge in [-0.2, -0.15) is 0 Å². The van der Waals surface area contributed by atoms with Gasteiger partial charge in [-0.1, -0.05) is 0 Å². The van der Waals surface area contributed by atoms with Crippen molar-refractivity contribution < 1.29 is 26.7 Å². The van der Waals surface area contributed by atoms with Gasteiger partial charge >= 0.3 is 0 Å². The van der Waals surface area contributed by atoms with Gasteiger partial charge < -0.3 is 10.1 Å². The Kier molecular flexibility index (Phi) is 4.02. The fraction of sp³-hybridized carbons (Fsp3) is 0.364. The number of ether oxygens (including phenoxy) is 1. The second kappa shape index (κ2) is 5.43. The van der Waals surface area contributed by atoms with Gasteiger partial charge in [0, 0.05) is 6.61 Å². The van der Waals surface area contributed by atoms with Gasteiger partial charge in [-0.3, -0.25) is 4.79 Å². The summed E-state index contributed by atoms with van der Waals surface area (Å²) in [6.45, 7) is 0.726. The van der Waals surface area contributed by atoms with E-state index in [4.69, 9.17) is 9.88 Å². The molecule has 1 saturated heterocycles. The number of primary sulfonamides is 1. The van der Waals surface area contributed by atoms with Crippen LogP contribution >= 0.6 is 0 Å². The van der Waals surface area contributed by atoms with Crippen molar-refractivity contribution in [2.24, 2.45) is 5.14 Å². The summed E-state index contributed by atoms with van der Waals surface area (Å²) in [5.74, 6) is -3.35. The highest BCUT2D eigenvalue weighted by atomic mass is 32.2. The van der Waals surface area contributed by atoms with Crippen LogP contribution in [0.1, 0.15) is 16.8 Å². The largest absolute Gasteiger partial charge is 0.379 e. The van der Waals surface area contributed by atoms with Crippen molar-refractivity contribution in [1.82, 2.24) is 5.32 Å². The van der Waals surface area contributed by atoms with Gasteiger partial charge in [-0.15, -0.1) is 0 Å². The molecule has 1 unspecified atom stereocenters. The average Bonchev–Trinajstić information content (AvgIpc) is 2.83. The Labute approximate surface area is 114 Å². The molecule has 0 saturated carbocycles. The van der Waals surface area contributed by atoms with E-state index in [2.05, 4.69) is 5.32 Å².